The monoisotopic (exact) mass is 394 g/mol. The molecule has 1 saturated heterocycles. The van der Waals surface area contributed by atoms with Crippen molar-refractivity contribution in [3.63, 3.8) is 0 Å². The third-order valence-corrected chi connectivity index (χ3v) is 6.73. The molecule has 7 nitrogen and oxygen atoms in total. The molecule has 0 aliphatic carbocycles. The SMILES string of the molecule is COC(=O)C1(S(=O)(=O)c2ccccc2)CNC(=O)N1c1ccccc1Cl. The number of nitrogens with zero attached hydrogens (tertiary/aromatic N) is 1. The first-order valence-electron chi connectivity index (χ1n) is 7.57. The molecule has 0 aromatic heterocycles. The number of anilines is 1. The molecule has 0 bridgehead atoms. The normalized spacial score (nSPS) is 19.9. The summed E-state index contributed by atoms with van der Waals surface area (Å²) in [6, 6.07) is 12.8. The molecule has 1 aliphatic rings. The number of benzene rings is 2. The van der Waals surface area contributed by atoms with Gasteiger partial charge in [-0.15, -0.1) is 0 Å². The van der Waals surface area contributed by atoms with Gasteiger partial charge in [0.1, 0.15) is 0 Å². The molecule has 9 heteroatoms. The number of carbonyl (C=O) groups is 2. The van der Waals surface area contributed by atoms with Crippen molar-refractivity contribution in [1.29, 1.82) is 0 Å². The van der Waals surface area contributed by atoms with Crippen molar-refractivity contribution < 1.29 is 22.7 Å². The summed E-state index contributed by atoms with van der Waals surface area (Å²) in [6.45, 7) is -0.471. The van der Waals surface area contributed by atoms with E-state index in [9.17, 15) is 18.0 Å². The molecule has 0 spiro atoms. The summed E-state index contributed by atoms with van der Waals surface area (Å²) < 4.78 is 31.6. The number of sulfone groups is 1. The summed E-state index contributed by atoms with van der Waals surface area (Å²) in [6.07, 6.45) is 0. The van der Waals surface area contributed by atoms with Gasteiger partial charge in [-0.2, -0.15) is 0 Å². The van der Waals surface area contributed by atoms with Gasteiger partial charge in [0.15, 0.2) is 0 Å². The first-order chi connectivity index (χ1) is 12.4. The van der Waals surface area contributed by atoms with Crippen LogP contribution in [0.15, 0.2) is 59.5 Å². The smallest absolute Gasteiger partial charge is 0.350 e. The number of hydrogen-bond donors (Lipinski definition) is 1. The Kier molecular flexibility index (Phi) is 4.64. The molecular formula is C17H15ClN2O5S. The molecule has 3 rings (SSSR count). The minimum Gasteiger partial charge on any atom is -0.466 e. The van der Waals surface area contributed by atoms with Crippen LogP contribution in [0, 0.1) is 0 Å². The van der Waals surface area contributed by atoms with E-state index < -0.39 is 33.3 Å². The molecule has 1 heterocycles. The number of halogens is 1. The van der Waals surface area contributed by atoms with Gasteiger partial charge in [0.25, 0.3) is 4.87 Å². The molecule has 1 N–H and O–H groups in total. The molecule has 0 saturated carbocycles. The highest BCUT2D eigenvalue weighted by molar-refractivity contribution is 7.93. The van der Waals surface area contributed by atoms with Crippen LogP contribution in [0.25, 0.3) is 0 Å². The topological polar surface area (TPSA) is 92.8 Å². The van der Waals surface area contributed by atoms with Crippen LogP contribution in [0.4, 0.5) is 10.5 Å². The molecule has 1 aliphatic heterocycles. The molecule has 26 heavy (non-hydrogen) atoms. The quantitative estimate of drug-likeness (QED) is 0.802. The van der Waals surface area contributed by atoms with Crippen molar-refractivity contribution in [3.8, 4) is 0 Å². The standard InChI is InChI=1S/C17H15ClN2O5S/c1-25-15(21)17(26(23,24)12-7-3-2-4-8-12)11-19-16(22)20(17)14-10-6-5-9-13(14)18/h2-10H,11H2,1H3,(H,19,22). The Morgan fingerprint density at radius 1 is 1.15 bits per heavy atom. The lowest BCUT2D eigenvalue weighted by molar-refractivity contribution is -0.143. The largest absolute Gasteiger partial charge is 0.466 e. The van der Waals surface area contributed by atoms with Crippen LogP contribution in [0.5, 0.6) is 0 Å². The number of nitrogens with one attached hydrogen (secondary N) is 1. The molecular weight excluding hydrogens is 380 g/mol. The summed E-state index contributed by atoms with van der Waals surface area (Å²) in [5.41, 5.74) is 0.0917. The van der Waals surface area contributed by atoms with Crippen molar-refractivity contribution in [1.82, 2.24) is 5.32 Å². The highest BCUT2D eigenvalue weighted by Gasteiger charge is 2.63. The number of esters is 1. The van der Waals surface area contributed by atoms with Crippen LogP contribution in [-0.2, 0) is 19.4 Å². The Bertz CT molecular complexity index is 964. The predicted molar refractivity (Wildman–Crippen MR) is 95.7 cm³/mol. The van der Waals surface area contributed by atoms with Gasteiger partial charge >= 0.3 is 12.0 Å². The Morgan fingerprint density at radius 2 is 1.77 bits per heavy atom. The van der Waals surface area contributed by atoms with Crippen molar-refractivity contribution >= 4 is 39.1 Å². The van der Waals surface area contributed by atoms with E-state index in [1.807, 2.05) is 0 Å². The average Bonchev–Trinajstić information content (AvgIpc) is 3.01. The fourth-order valence-electron chi connectivity index (χ4n) is 2.90. The van der Waals surface area contributed by atoms with Gasteiger partial charge < -0.3 is 10.1 Å². The van der Waals surface area contributed by atoms with Crippen molar-refractivity contribution in [2.24, 2.45) is 0 Å². The van der Waals surface area contributed by atoms with E-state index in [1.54, 1.807) is 18.2 Å². The van der Waals surface area contributed by atoms with Crippen molar-refractivity contribution in [3.05, 3.63) is 59.6 Å². The summed E-state index contributed by atoms with van der Waals surface area (Å²) >= 11 is 6.17. The van der Waals surface area contributed by atoms with Crippen LogP contribution in [0.1, 0.15) is 0 Å². The molecule has 0 radical (unpaired) electrons. The van der Waals surface area contributed by atoms with Crippen LogP contribution in [0.3, 0.4) is 0 Å². The zero-order chi connectivity index (χ0) is 18.9. The first-order valence-corrected chi connectivity index (χ1v) is 9.43. The zero-order valence-corrected chi connectivity index (χ0v) is 15.3. The van der Waals surface area contributed by atoms with Crippen LogP contribution >= 0.6 is 11.6 Å². The lowest BCUT2D eigenvalue weighted by Crippen LogP contribution is -2.60. The van der Waals surface area contributed by atoms with E-state index in [1.165, 1.54) is 36.4 Å². The third-order valence-electron chi connectivity index (χ3n) is 4.14. The van der Waals surface area contributed by atoms with E-state index in [0.29, 0.717) is 0 Å². The molecule has 1 fully saturated rings. The Morgan fingerprint density at radius 3 is 2.38 bits per heavy atom. The van der Waals surface area contributed by atoms with Crippen LogP contribution in [-0.4, -0.2) is 38.9 Å². The number of para-hydroxylation sites is 1. The second-order valence-electron chi connectivity index (χ2n) is 5.54. The molecule has 1 unspecified atom stereocenters. The number of carbonyl (C=O) groups excluding carboxylic acids is 2. The fraction of sp³-hybridized carbons (Fsp3) is 0.176. The maximum Gasteiger partial charge on any atom is 0.350 e. The number of ether oxygens (including phenoxy) is 1. The lowest BCUT2D eigenvalue weighted by atomic mass is 10.2. The number of hydrogen-bond acceptors (Lipinski definition) is 5. The summed E-state index contributed by atoms with van der Waals surface area (Å²) in [5.74, 6) is -1.08. The highest BCUT2D eigenvalue weighted by atomic mass is 35.5. The predicted octanol–water partition coefficient (Wildman–Crippen LogP) is 2.21. The maximum absolute atomic E-state index is 13.4. The van der Waals surface area contributed by atoms with E-state index in [4.69, 9.17) is 16.3 Å². The molecule has 2 amide bonds. The number of rotatable bonds is 4. The van der Waals surface area contributed by atoms with Gasteiger partial charge in [-0.25, -0.2) is 18.0 Å². The van der Waals surface area contributed by atoms with Crippen molar-refractivity contribution in [2.45, 2.75) is 9.77 Å². The van der Waals surface area contributed by atoms with E-state index >= 15 is 0 Å². The van der Waals surface area contributed by atoms with Gasteiger partial charge in [-0.1, -0.05) is 41.9 Å². The highest BCUT2D eigenvalue weighted by Crippen LogP contribution is 2.40. The summed E-state index contributed by atoms with van der Waals surface area (Å²) in [7, 11) is -3.28. The molecule has 136 valence electrons. The van der Waals surface area contributed by atoms with E-state index in [2.05, 4.69) is 5.32 Å². The number of methoxy groups -OCH3 is 1. The van der Waals surface area contributed by atoms with E-state index in [0.717, 1.165) is 12.0 Å². The summed E-state index contributed by atoms with van der Waals surface area (Å²) in [4.78, 5) is 23.7. The Balaban J connectivity index is 2.31. The van der Waals surface area contributed by atoms with Crippen LogP contribution in [0.2, 0.25) is 5.02 Å². The number of urea groups is 1. The van der Waals surface area contributed by atoms with Gasteiger partial charge in [0.2, 0.25) is 9.84 Å². The van der Waals surface area contributed by atoms with Crippen LogP contribution < -0.4 is 10.2 Å². The van der Waals surface area contributed by atoms with E-state index in [-0.39, 0.29) is 15.6 Å². The fourth-order valence-corrected chi connectivity index (χ4v) is 5.01. The molecule has 1 atom stereocenters. The Labute approximate surface area is 155 Å². The molecule has 2 aromatic rings. The summed E-state index contributed by atoms with van der Waals surface area (Å²) in [5, 5.41) is 2.55. The number of amides is 2. The van der Waals surface area contributed by atoms with Gasteiger partial charge in [-0.05, 0) is 24.3 Å². The Hall–Kier alpha value is -2.58. The van der Waals surface area contributed by atoms with Gasteiger partial charge in [0.05, 0.1) is 29.3 Å². The van der Waals surface area contributed by atoms with Gasteiger partial charge in [0, 0.05) is 0 Å². The molecule has 2 aromatic carbocycles. The van der Waals surface area contributed by atoms with Crippen molar-refractivity contribution in [2.75, 3.05) is 18.6 Å². The average molecular weight is 395 g/mol. The second kappa shape index (κ2) is 6.62. The first kappa shape index (κ1) is 18.2. The maximum atomic E-state index is 13.4. The second-order valence-corrected chi connectivity index (χ2v) is 8.10. The minimum atomic E-state index is -4.35. The van der Waals surface area contributed by atoms with Gasteiger partial charge in [-0.3, -0.25) is 4.90 Å². The zero-order valence-electron chi connectivity index (χ0n) is 13.7. The third kappa shape index (κ3) is 2.53. The lowest BCUT2D eigenvalue weighted by Gasteiger charge is -2.34. The minimum absolute atomic E-state index is 0.0917.